The molecule has 4 nitrogen and oxygen atoms in total. The van der Waals surface area contributed by atoms with Gasteiger partial charge in [0.1, 0.15) is 0 Å². The highest BCUT2D eigenvalue weighted by atomic mass is 16.7. The number of allylic oxidation sites excluding steroid dienone is 1. The molecule has 2 rings (SSSR count). The first-order valence-corrected chi connectivity index (χ1v) is 6.17. The summed E-state index contributed by atoms with van der Waals surface area (Å²) >= 11 is 0. The summed E-state index contributed by atoms with van der Waals surface area (Å²) in [6.07, 6.45) is 6.85. The van der Waals surface area contributed by atoms with Crippen LogP contribution in [0.15, 0.2) is 12.2 Å². The van der Waals surface area contributed by atoms with Gasteiger partial charge in [0, 0.05) is 12.8 Å². The largest absolute Gasteiger partial charge is 0.468 e. The van der Waals surface area contributed by atoms with Crippen LogP contribution in [0, 0.1) is 5.41 Å². The quantitative estimate of drug-likeness (QED) is 0.547. The average Bonchev–Trinajstić information content (AvgIpc) is 2.81. The Morgan fingerprint density at radius 3 is 2.24 bits per heavy atom. The summed E-state index contributed by atoms with van der Waals surface area (Å²) in [4.78, 5) is 11.9. The van der Waals surface area contributed by atoms with E-state index in [1.54, 1.807) is 0 Å². The summed E-state index contributed by atoms with van der Waals surface area (Å²) in [7, 11) is 1.44. The van der Waals surface area contributed by atoms with E-state index in [-0.39, 0.29) is 5.97 Å². The molecule has 2 aliphatic rings. The van der Waals surface area contributed by atoms with Gasteiger partial charge in [0.15, 0.2) is 5.79 Å². The highest BCUT2D eigenvalue weighted by molar-refractivity contribution is 5.79. The van der Waals surface area contributed by atoms with Crippen LogP contribution in [-0.4, -0.2) is 32.1 Å². The van der Waals surface area contributed by atoms with Gasteiger partial charge in [0.05, 0.1) is 25.7 Å². The molecule has 0 aromatic carbocycles. The summed E-state index contributed by atoms with van der Waals surface area (Å²) in [5, 5.41) is 0. The van der Waals surface area contributed by atoms with E-state index < -0.39 is 11.2 Å². The Morgan fingerprint density at radius 1 is 1.18 bits per heavy atom. The lowest BCUT2D eigenvalue weighted by Crippen LogP contribution is -2.43. The Bertz CT molecular complexity index is 305. The fourth-order valence-corrected chi connectivity index (χ4v) is 2.82. The fraction of sp³-hybridized carbons (Fsp3) is 0.769. The number of hydrogen-bond donors (Lipinski definition) is 0. The number of rotatable bonds is 2. The van der Waals surface area contributed by atoms with E-state index in [1.807, 2.05) is 19.1 Å². The zero-order chi connectivity index (χ0) is 12.4. The smallest absolute Gasteiger partial charge is 0.315 e. The van der Waals surface area contributed by atoms with E-state index in [0.717, 1.165) is 25.7 Å². The molecule has 1 aliphatic carbocycles. The summed E-state index contributed by atoms with van der Waals surface area (Å²) in [6.45, 7) is 3.25. The van der Waals surface area contributed by atoms with E-state index in [9.17, 15) is 4.79 Å². The van der Waals surface area contributed by atoms with Crippen molar-refractivity contribution in [1.29, 1.82) is 0 Å². The van der Waals surface area contributed by atoms with E-state index in [4.69, 9.17) is 14.2 Å². The SMILES string of the molecule is C/C=C/C1(C(=O)OC)CCC2(CC1)OCCO2. The van der Waals surface area contributed by atoms with Gasteiger partial charge < -0.3 is 14.2 Å². The van der Waals surface area contributed by atoms with Crippen LogP contribution in [0.5, 0.6) is 0 Å². The van der Waals surface area contributed by atoms with Gasteiger partial charge in [-0.2, -0.15) is 0 Å². The summed E-state index contributed by atoms with van der Waals surface area (Å²) in [5.74, 6) is -0.581. The molecule has 0 aromatic rings. The Hall–Kier alpha value is -0.870. The van der Waals surface area contributed by atoms with E-state index in [1.165, 1.54) is 7.11 Å². The first-order valence-electron chi connectivity index (χ1n) is 6.17. The highest BCUT2D eigenvalue weighted by Crippen LogP contribution is 2.46. The molecule has 1 saturated carbocycles. The third kappa shape index (κ3) is 2.24. The maximum Gasteiger partial charge on any atom is 0.315 e. The Labute approximate surface area is 102 Å². The molecule has 0 radical (unpaired) electrons. The number of carbonyl (C=O) groups is 1. The molecule has 1 heterocycles. The van der Waals surface area contributed by atoms with Gasteiger partial charge in [-0.1, -0.05) is 12.2 Å². The molecule has 96 valence electrons. The number of ether oxygens (including phenoxy) is 3. The first kappa shape index (κ1) is 12.6. The van der Waals surface area contributed by atoms with Gasteiger partial charge in [-0.15, -0.1) is 0 Å². The minimum absolute atomic E-state index is 0.150. The number of methoxy groups -OCH3 is 1. The molecule has 0 N–H and O–H groups in total. The zero-order valence-electron chi connectivity index (χ0n) is 10.5. The number of esters is 1. The summed E-state index contributed by atoms with van der Waals surface area (Å²) in [6, 6.07) is 0. The Balaban J connectivity index is 2.10. The minimum atomic E-state index is -0.482. The van der Waals surface area contributed by atoms with Crippen molar-refractivity contribution < 1.29 is 19.0 Å². The normalized spacial score (nSPS) is 26.5. The van der Waals surface area contributed by atoms with Crippen molar-refractivity contribution in [2.75, 3.05) is 20.3 Å². The van der Waals surface area contributed by atoms with Crippen LogP contribution >= 0.6 is 0 Å². The van der Waals surface area contributed by atoms with Crippen LogP contribution in [0.3, 0.4) is 0 Å². The highest BCUT2D eigenvalue weighted by Gasteiger charge is 2.49. The standard InChI is InChI=1S/C13H20O4/c1-3-4-12(11(14)15-2)5-7-13(8-6-12)16-9-10-17-13/h3-4H,5-10H2,1-2H3/b4-3+. The predicted molar refractivity (Wildman–Crippen MR) is 62.4 cm³/mol. The lowest BCUT2D eigenvalue weighted by Gasteiger charge is -2.40. The van der Waals surface area contributed by atoms with Crippen LogP contribution < -0.4 is 0 Å². The van der Waals surface area contributed by atoms with Crippen molar-refractivity contribution in [1.82, 2.24) is 0 Å². The van der Waals surface area contributed by atoms with E-state index >= 15 is 0 Å². The van der Waals surface area contributed by atoms with Crippen LogP contribution in [0.4, 0.5) is 0 Å². The predicted octanol–water partition coefficient (Wildman–Crippen LogP) is 2.04. The minimum Gasteiger partial charge on any atom is -0.468 e. The van der Waals surface area contributed by atoms with E-state index in [2.05, 4.69) is 0 Å². The molecule has 1 saturated heterocycles. The van der Waals surface area contributed by atoms with Crippen molar-refractivity contribution in [2.45, 2.75) is 38.4 Å². The second kappa shape index (κ2) is 4.78. The molecule has 0 atom stereocenters. The monoisotopic (exact) mass is 240 g/mol. The first-order chi connectivity index (χ1) is 8.16. The van der Waals surface area contributed by atoms with Crippen molar-refractivity contribution in [2.24, 2.45) is 5.41 Å². The lowest BCUT2D eigenvalue weighted by atomic mass is 9.71. The van der Waals surface area contributed by atoms with Crippen molar-refractivity contribution in [3.63, 3.8) is 0 Å². The molecule has 1 spiro atoms. The lowest BCUT2D eigenvalue weighted by molar-refractivity contribution is -0.194. The van der Waals surface area contributed by atoms with Crippen LogP contribution in [0.25, 0.3) is 0 Å². The average molecular weight is 240 g/mol. The van der Waals surface area contributed by atoms with Gasteiger partial charge in [0.25, 0.3) is 0 Å². The third-order valence-electron chi connectivity index (χ3n) is 3.80. The second-order valence-corrected chi connectivity index (χ2v) is 4.76. The van der Waals surface area contributed by atoms with Gasteiger partial charge in [0.2, 0.25) is 0 Å². The van der Waals surface area contributed by atoms with Gasteiger partial charge >= 0.3 is 5.97 Å². The van der Waals surface area contributed by atoms with Gasteiger partial charge in [-0.05, 0) is 19.8 Å². The zero-order valence-corrected chi connectivity index (χ0v) is 10.5. The second-order valence-electron chi connectivity index (χ2n) is 4.76. The molecule has 0 amide bonds. The van der Waals surface area contributed by atoms with Crippen molar-refractivity contribution in [3.05, 3.63) is 12.2 Å². The molecule has 2 fully saturated rings. The fourth-order valence-electron chi connectivity index (χ4n) is 2.82. The molecule has 0 bridgehead atoms. The van der Waals surface area contributed by atoms with Gasteiger partial charge in [-0.25, -0.2) is 0 Å². The molecule has 17 heavy (non-hydrogen) atoms. The third-order valence-corrected chi connectivity index (χ3v) is 3.80. The Kier molecular flexibility index (Phi) is 3.54. The van der Waals surface area contributed by atoms with Crippen LogP contribution in [0.1, 0.15) is 32.6 Å². The number of hydrogen-bond acceptors (Lipinski definition) is 4. The summed E-state index contributed by atoms with van der Waals surface area (Å²) in [5.41, 5.74) is -0.482. The van der Waals surface area contributed by atoms with Crippen molar-refractivity contribution in [3.8, 4) is 0 Å². The van der Waals surface area contributed by atoms with Gasteiger partial charge in [-0.3, -0.25) is 4.79 Å². The topological polar surface area (TPSA) is 44.8 Å². The van der Waals surface area contributed by atoms with Crippen LogP contribution in [0.2, 0.25) is 0 Å². The molecule has 0 unspecified atom stereocenters. The maximum absolute atomic E-state index is 11.9. The van der Waals surface area contributed by atoms with Crippen LogP contribution in [-0.2, 0) is 19.0 Å². The molecule has 1 aliphatic heterocycles. The van der Waals surface area contributed by atoms with Crippen molar-refractivity contribution >= 4 is 5.97 Å². The van der Waals surface area contributed by atoms with E-state index in [0.29, 0.717) is 13.2 Å². The molecular formula is C13H20O4. The molecular weight excluding hydrogens is 220 g/mol. The number of carbonyl (C=O) groups excluding carboxylic acids is 1. The molecule has 0 aromatic heterocycles. The maximum atomic E-state index is 11.9. The Morgan fingerprint density at radius 2 is 1.76 bits per heavy atom. The summed E-state index contributed by atoms with van der Waals surface area (Å²) < 4.78 is 16.3. The molecule has 4 heteroatoms.